The van der Waals surface area contributed by atoms with Gasteiger partial charge in [0.15, 0.2) is 11.6 Å². The summed E-state index contributed by atoms with van der Waals surface area (Å²) < 4.78 is 100. The Morgan fingerprint density at radius 2 is 1.38 bits per heavy atom. The van der Waals surface area contributed by atoms with Gasteiger partial charge < -0.3 is 30.4 Å². The van der Waals surface area contributed by atoms with Crippen molar-refractivity contribution in [3.63, 3.8) is 0 Å². The molecule has 14 heteroatoms. The zero-order valence-electron chi connectivity index (χ0n) is 25.2. The molecule has 0 spiro atoms. The summed E-state index contributed by atoms with van der Waals surface area (Å²) >= 11 is 0. The third-order valence-electron chi connectivity index (χ3n) is 6.40. The van der Waals surface area contributed by atoms with Crippen molar-refractivity contribution in [2.24, 2.45) is 0 Å². The molecule has 0 aromatic heterocycles. The van der Waals surface area contributed by atoms with Crippen LogP contribution in [0.15, 0.2) is 66.7 Å². The van der Waals surface area contributed by atoms with Crippen LogP contribution < -0.4 is 20.9 Å². The van der Waals surface area contributed by atoms with Crippen molar-refractivity contribution in [2.45, 2.75) is 50.8 Å². The fourth-order valence-corrected chi connectivity index (χ4v) is 4.09. The predicted molar refractivity (Wildman–Crippen MR) is 162 cm³/mol. The number of carbonyl (C=O) groups excluding carboxylic acids is 2. The van der Waals surface area contributed by atoms with Gasteiger partial charge in [0, 0.05) is 23.9 Å². The third-order valence-corrected chi connectivity index (χ3v) is 6.40. The topological polar surface area (TPSA) is 123 Å². The number of alkyl halides is 5. The quantitative estimate of drug-likeness (QED) is 0.0491. The van der Waals surface area contributed by atoms with Crippen molar-refractivity contribution >= 4 is 29.4 Å². The van der Waals surface area contributed by atoms with E-state index < -0.39 is 60.8 Å². The van der Waals surface area contributed by atoms with Crippen molar-refractivity contribution in [3.05, 3.63) is 89.2 Å². The van der Waals surface area contributed by atoms with E-state index in [1.165, 1.54) is 54.6 Å². The molecule has 0 fully saturated rings. The van der Waals surface area contributed by atoms with Gasteiger partial charge in [-0.3, -0.25) is 0 Å². The van der Waals surface area contributed by atoms with Crippen molar-refractivity contribution < 1.29 is 54.9 Å². The van der Waals surface area contributed by atoms with Crippen LogP contribution in [0.5, 0.6) is 11.5 Å². The Hall–Kier alpha value is -4.88. The summed E-state index contributed by atoms with van der Waals surface area (Å²) in [6, 6.07) is 12.0. The van der Waals surface area contributed by atoms with E-state index in [4.69, 9.17) is 30.4 Å². The molecule has 0 bridgehead atoms. The lowest BCUT2D eigenvalue weighted by molar-refractivity contribution is -0.185. The normalized spacial score (nSPS) is 11.8. The summed E-state index contributed by atoms with van der Waals surface area (Å²) in [6.45, 7) is -0.0377. The van der Waals surface area contributed by atoms with E-state index >= 15 is 0 Å². The summed E-state index contributed by atoms with van der Waals surface area (Å²) in [5.74, 6) is -2.99. The van der Waals surface area contributed by atoms with Gasteiger partial charge in [0.2, 0.25) is 0 Å². The van der Waals surface area contributed by atoms with E-state index in [1.807, 2.05) is 0 Å². The largest absolute Gasteiger partial charge is 0.491 e. The van der Waals surface area contributed by atoms with Crippen LogP contribution in [0.1, 0.15) is 60.0 Å². The lowest BCUT2D eigenvalue weighted by Crippen LogP contribution is -2.22. The fourth-order valence-electron chi connectivity index (χ4n) is 4.09. The number of unbranched alkanes of at least 4 members (excludes halogenated alkanes) is 3. The van der Waals surface area contributed by atoms with Crippen LogP contribution in [-0.2, 0) is 20.4 Å². The lowest BCUT2D eigenvalue weighted by Gasteiger charge is -2.19. The van der Waals surface area contributed by atoms with E-state index in [9.17, 15) is 35.9 Å². The molecule has 0 heterocycles. The standard InChI is InChI=1S/C33H34F6N2O6/c34-28-20-24(9-12-29(28)44-17-5-14-32(35,36)37)33(38,39)47-27-10-6-22(7-11-27)8-13-30(42)45-15-3-1-2-4-16-46-31(43)23-18-25(40)21-26(41)19-23/h6-13,18-21H,1-5,14-17,40-41H2/b13-8+. The summed E-state index contributed by atoms with van der Waals surface area (Å²) in [5.41, 5.74) is 12.0. The molecule has 254 valence electrons. The number of hydrogen-bond acceptors (Lipinski definition) is 8. The third kappa shape index (κ3) is 13.2. The molecule has 0 aliphatic rings. The highest BCUT2D eigenvalue weighted by atomic mass is 19.4. The average molecular weight is 669 g/mol. The van der Waals surface area contributed by atoms with Gasteiger partial charge in [0.1, 0.15) is 5.75 Å². The number of rotatable bonds is 17. The maximum atomic E-state index is 14.6. The molecule has 0 saturated carbocycles. The molecule has 0 unspecified atom stereocenters. The highest BCUT2D eigenvalue weighted by Gasteiger charge is 2.35. The van der Waals surface area contributed by atoms with Crippen molar-refractivity contribution in [2.75, 3.05) is 31.3 Å². The van der Waals surface area contributed by atoms with Gasteiger partial charge in [-0.2, -0.15) is 22.0 Å². The average Bonchev–Trinajstić information content (AvgIpc) is 2.99. The van der Waals surface area contributed by atoms with E-state index in [-0.39, 0.29) is 24.5 Å². The fraction of sp³-hybridized carbons (Fsp3) is 0.333. The molecule has 8 nitrogen and oxygen atoms in total. The molecule has 47 heavy (non-hydrogen) atoms. The first-order valence-corrected chi connectivity index (χ1v) is 14.6. The first-order chi connectivity index (χ1) is 22.2. The molecule has 0 aliphatic heterocycles. The Bertz CT molecular complexity index is 1490. The van der Waals surface area contributed by atoms with Gasteiger partial charge in [0.05, 0.1) is 30.9 Å². The highest BCUT2D eigenvalue weighted by molar-refractivity contribution is 5.91. The minimum absolute atomic E-state index is 0.180. The number of halogens is 6. The monoisotopic (exact) mass is 668 g/mol. The molecule has 0 atom stereocenters. The Labute approximate surface area is 267 Å². The number of benzene rings is 3. The number of esters is 2. The number of hydrogen-bond donors (Lipinski definition) is 2. The summed E-state index contributed by atoms with van der Waals surface area (Å²) in [6.07, 6.45) is -4.54. The molecule has 0 aliphatic carbocycles. The number of ether oxygens (including phenoxy) is 4. The molecular weight excluding hydrogens is 634 g/mol. The molecule has 3 rings (SSSR count). The second kappa shape index (κ2) is 17.2. The summed E-state index contributed by atoms with van der Waals surface area (Å²) in [4.78, 5) is 24.0. The molecule has 3 aromatic carbocycles. The van der Waals surface area contributed by atoms with Crippen LogP contribution in [0.25, 0.3) is 6.08 Å². The summed E-state index contributed by atoms with van der Waals surface area (Å²) in [7, 11) is 0. The van der Waals surface area contributed by atoms with Crippen LogP contribution >= 0.6 is 0 Å². The van der Waals surface area contributed by atoms with Gasteiger partial charge in [-0.05, 0) is 92.3 Å². The maximum absolute atomic E-state index is 14.6. The lowest BCUT2D eigenvalue weighted by atomic mass is 10.2. The zero-order valence-corrected chi connectivity index (χ0v) is 25.2. The first kappa shape index (κ1) is 36.6. The molecule has 0 radical (unpaired) electrons. The SMILES string of the molecule is Nc1cc(N)cc(C(=O)OCCCCCCOC(=O)/C=C/c2ccc(OC(F)(F)c3ccc(OCCCC(F)(F)F)c(F)c3)cc2)c1. The predicted octanol–water partition coefficient (Wildman–Crippen LogP) is 7.81. The molecular formula is C33H34F6N2O6. The second-order valence-corrected chi connectivity index (χ2v) is 10.3. The Balaban J connectivity index is 1.34. The maximum Gasteiger partial charge on any atom is 0.426 e. The summed E-state index contributed by atoms with van der Waals surface area (Å²) in [5, 5.41) is 0. The van der Waals surface area contributed by atoms with Crippen LogP contribution in [-0.4, -0.2) is 37.9 Å². The van der Waals surface area contributed by atoms with E-state index in [2.05, 4.69) is 0 Å². The van der Waals surface area contributed by atoms with Crippen LogP contribution in [0, 0.1) is 5.82 Å². The van der Waals surface area contributed by atoms with Gasteiger partial charge in [-0.25, -0.2) is 14.0 Å². The highest BCUT2D eigenvalue weighted by Crippen LogP contribution is 2.34. The smallest absolute Gasteiger partial charge is 0.426 e. The molecule has 3 aromatic rings. The van der Waals surface area contributed by atoms with E-state index in [0.717, 1.165) is 25.0 Å². The minimum Gasteiger partial charge on any atom is -0.491 e. The van der Waals surface area contributed by atoms with Gasteiger partial charge in [0.25, 0.3) is 0 Å². The van der Waals surface area contributed by atoms with Gasteiger partial charge in [-0.1, -0.05) is 12.1 Å². The van der Waals surface area contributed by atoms with Gasteiger partial charge >= 0.3 is 24.2 Å². The van der Waals surface area contributed by atoms with Crippen LogP contribution in [0.3, 0.4) is 0 Å². The number of nitrogens with two attached hydrogens (primary N) is 2. The second-order valence-electron chi connectivity index (χ2n) is 10.3. The number of anilines is 2. The number of carbonyl (C=O) groups is 2. The van der Waals surface area contributed by atoms with E-state index in [1.54, 1.807) is 0 Å². The van der Waals surface area contributed by atoms with Crippen LogP contribution in [0.2, 0.25) is 0 Å². The van der Waals surface area contributed by atoms with Crippen molar-refractivity contribution in [1.29, 1.82) is 0 Å². The van der Waals surface area contributed by atoms with Crippen molar-refractivity contribution in [1.82, 2.24) is 0 Å². The van der Waals surface area contributed by atoms with Gasteiger partial charge in [-0.15, -0.1) is 0 Å². The van der Waals surface area contributed by atoms with Crippen molar-refractivity contribution in [3.8, 4) is 11.5 Å². The molecule has 0 saturated heterocycles. The Morgan fingerprint density at radius 3 is 2.00 bits per heavy atom. The molecule has 0 amide bonds. The zero-order chi connectivity index (χ0) is 34.5. The first-order valence-electron chi connectivity index (χ1n) is 14.6. The minimum atomic E-state index is -4.38. The Kier molecular flexibility index (Phi) is 13.4. The number of nitrogen functional groups attached to an aromatic ring is 2. The Morgan fingerprint density at radius 1 is 0.745 bits per heavy atom. The van der Waals surface area contributed by atoms with E-state index in [0.29, 0.717) is 35.8 Å². The molecule has 4 N–H and O–H groups in total. The van der Waals surface area contributed by atoms with Crippen LogP contribution in [0.4, 0.5) is 37.7 Å².